The molecular weight excluding hydrogens is 294 g/mol. The van der Waals surface area contributed by atoms with Crippen molar-refractivity contribution in [1.29, 1.82) is 0 Å². The molecular formula is C13H21N3O4S. The molecule has 1 aromatic rings. The predicted octanol–water partition coefficient (Wildman–Crippen LogP) is 1.21. The molecule has 2 atom stereocenters. The summed E-state index contributed by atoms with van der Waals surface area (Å²) in [5, 5.41) is 12.4. The van der Waals surface area contributed by atoms with Crippen molar-refractivity contribution in [2.75, 3.05) is 0 Å². The van der Waals surface area contributed by atoms with Crippen molar-refractivity contribution in [3.63, 3.8) is 0 Å². The second-order valence-corrected chi connectivity index (χ2v) is 7.24. The lowest BCUT2D eigenvalue weighted by atomic mass is 9.85. The number of hydrogen-bond acceptors (Lipinski definition) is 4. The molecule has 0 aliphatic heterocycles. The van der Waals surface area contributed by atoms with E-state index in [1.807, 2.05) is 0 Å². The van der Waals surface area contributed by atoms with Crippen molar-refractivity contribution in [3.8, 4) is 0 Å². The van der Waals surface area contributed by atoms with E-state index in [2.05, 4.69) is 16.7 Å². The summed E-state index contributed by atoms with van der Waals surface area (Å²) >= 11 is 0. The molecule has 118 valence electrons. The number of nitrogens with zero attached hydrogens (tertiary/aromatic N) is 2. The van der Waals surface area contributed by atoms with Crippen LogP contribution < -0.4 is 4.72 Å². The van der Waals surface area contributed by atoms with Gasteiger partial charge >= 0.3 is 5.97 Å². The zero-order chi connectivity index (χ0) is 15.5. The second-order valence-electron chi connectivity index (χ2n) is 5.53. The van der Waals surface area contributed by atoms with Gasteiger partial charge in [-0.05, 0) is 18.8 Å². The fourth-order valence-electron chi connectivity index (χ4n) is 2.76. The summed E-state index contributed by atoms with van der Waals surface area (Å²) in [6.45, 7) is 1.77. The van der Waals surface area contributed by atoms with E-state index in [1.54, 1.807) is 0 Å². The number of carboxylic acids is 1. The van der Waals surface area contributed by atoms with Crippen molar-refractivity contribution < 1.29 is 18.3 Å². The van der Waals surface area contributed by atoms with Crippen LogP contribution in [0.5, 0.6) is 0 Å². The molecule has 0 radical (unpaired) electrons. The Balaban J connectivity index is 2.04. The summed E-state index contributed by atoms with van der Waals surface area (Å²) < 4.78 is 28.4. The zero-order valence-electron chi connectivity index (χ0n) is 12.0. The minimum Gasteiger partial charge on any atom is -0.480 e. The Labute approximate surface area is 124 Å². The van der Waals surface area contributed by atoms with Gasteiger partial charge in [0.15, 0.2) is 0 Å². The molecule has 1 aromatic heterocycles. The third kappa shape index (κ3) is 4.28. The number of rotatable bonds is 6. The Morgan fingerprint density at radius 3 is 2.95 bits per heavy atom. The van der Waals surface area contributed by atoms with E-state index < -0.39 is 16.0 Å². The number of sulfonamides is 1. The van der Waals surface area contributed by atoms with Gasteiger partial charge in [-0.15, -0.1) is 0 Å². The highest BCUT2D eigenvalue weighted by molar-refractivity contribution is 7.89. The highest BCUT2D eigenvalue weighted by Crippen LogP contribution is 2.27. The van der Waals surface area contributed by atoms with Crippen LogP contribution in [0.3, 0.4) is 0 Å². The molecule has 0 aromatic carbocycles. The smallest absolute Gasteiger partial charge is 0.325 e. The molecule has 2 unspecified atom stereocenters. The molecule has 0 amide bonds. The van der Waals surface area contributed by atoms with Gasteiger partial charge in [-0.1, -0.05) is 26.2 Å². The fourth-order valence-corrected chi connectivity index (χ4v) is 4.00. The average Bonchev–Trinajstić information content (AvgIpc) is 2.87. The van der Waals surface area contributed by atoms with Crippen LogP contribution in [0.25, 0.3) is 0 Å². The molecule has 1 aliphatic rings. The summed E-state index contributed by atoms with van der Waals surface area (Å²) in [6, 6.07) is -0.0449. The van der Waals surface area contributed by atoms with Crippen LogP contribution >= 0.6 is 0 Å². The van der Waals surface area contributed by atoms with Gasteiger partial charge in [-0.3, -0.25) is 9.48 Å². The number of aromatic nitrogens is 2. The van der Waals surface area contributed by atoms with Crippen molar-refractivity contribution in [3.05, 3.63) is 12.4 Å². The minimum atomic E-state index is -3.63. The van der Waals surface area contributed by atoms with Gasteiger partial charge in [0.25, 0.3) is 0 Å². The largest absolute Gasteiger partial charge is 0.480 e. The van der Waals surface area contributed by atoms with Crippen molar-refractivity contribution in [1.82, 2.24) is 14.5 Å². The van der Waals surface area contributed by atoms with Crippen molar-refractivity contribution in [2.45, 2.75) is 56.5 Å². The highest BCUT2D eigenvalue weighted by Gasteiger charge is 2.26. The first-order valence-corrected chi connectivity index (χ1v) is 8.65. The zero-order valence-corrected chi connectivity index (χ0v) is 12.8. The molecule has 0 spiro atoms. The predicted molar refractivity (Wildman–Crippen MR) is 76.2 cm³/mol. The van der Waals surface area contributed by atoms with E-state index in [0.717, 1.165) is 36.8 Å². The van der Waals surface area contributed by atoms with Crippen LogP contribution in [0.4, 0.5) is 0 Å². The summed E-state index contributed by atoms with van der Waals surface area (Å²) in [4.78, 5) is 10.6. The first kappa shape index (κ1) is 16.0. The lowest BCUT2D eigenvalue weighted by molar-refractivity contribution is -0.137. The molecule has 1 aliphatic carbocycles. The Morgan fingerprint density at radius 1 is 1.52 bits per heavy atom. The Hall–Kier alpha value is -1.41. The monoisotopic (exact) mass is 315 g/mol. The number of aliphatic carboxylic acids is 1. The number of nitrogens with one attached hydrogen (secondary N) is 1. The van der Waals surface area contributed by atoms with E-state index in [-0.39, 0.29) is 17.5 Å². The number of carboxylic acid groups (broad SMARTS) is 1. The average molecular weight is 315 g/mol. The first-order valence-electron chi connectivity index (χ1n) is 7.17. The Kier molecular flexibility index (Phi) is 5.00. The van der Waals surface area contributed by atoms with E-state index >= 15 is 0 Å². The molecule has 2 N–H and O–H groups in total. The van der Waals surface area contributed by atoms with Crippen LogP contribution in [0.1, 0.15) is 39.0 Å². The van der Waals surface area contributed by atoms with Gasteiger partial charge in [0.05, 0.1) is 6.20 Å². The van der Waals surface area contributed by atoms with Crippen LogP contribution in [-0.2, 0) is 21.4 Å². The van der Waals surface area contributed by atoms with Crippen LogP contribution in [0.2, 0.25) is 0 Å². The van der Waals surface area contributed by atoms with Gasteiger partial charge in [0, 0.05) is 12.2 Å². The van der Waals surface area contributed by atoms with Gasteiger partial charge < -0.3 is 5.11 Å². The topological polar surface area (TPSA) is 101 Å². The molecule has 7 nitrogen and oxygen atoms in total. The molecule has 0 saturated heterocycles. The maximum atomic E-state index is 12.3. The molecule has 1 heterocycles. The van der Waals surface area contributed by atoms with Crippen molar-refractivity contribution >= 4 is 16.0 Å². The van der Waals surface area contributed by atoms with E-state index in [0.29, 0.717) is 5.92 Å². The van der Waals surface area contributed by atoms with Crippen LogP contribution in [0, 0.1) is 5.92 Å². The highest BCUT2D eigenvalue weighted by atomic mass is 32.2. The van der Waals surface area contributed by atoms with E-state index in [1.165, 1.54) is 12.4 Å². The van der Waals surface area contributed by atoms with E-state index in [9.17, 15) is 13.2 Å². The molecule has 0 bridgehead atoms. The normalized spacial score (nSPS) is 23.1. The van der Waals surface area contributed by atoms with Gasteiger partial charge in [0.2, 0.25) is 10.0 Å². The SMILES string of the molecule is CCC1CCCC(NS(=O)(=O)c2cnn(CC(=O)O)c2)C1. The maximum absolute atomic E-state index is 12.3. The standard InChI is InChI=1S/C13H21N3O4S/c1-2-10-4-3-5-11(6-10)15-21(19,20)12-7-14-16(8-12)9-13(17)18/h7-8,10-11,15H,2-6,9H2,1H3,(H,17,18). The lowest BCUT2D eigenvalue weighted by Crippen LogP contribution is -2.38. The Morgan fingerprint density at radius 2 is 2.29 bits per heavy atom. The lowest BCUT2D eigenvalue weighted by Gasteiger charge is -2.28. The number of carbonyl (C=O) groups is 1. The fraction of sp³-hybridized carbons (Fsp3) is 0.692. The summed E-state index contributed by atoms with van der Waals surface area (Å²) in [7, 11) is -3.63. The Bertz CT molecular complexity index is 596. The van der Waals surface area contributed by atoms with Gasteiger partial charge in [-0.2, -0.15) is 5.10 Å². The van der Waals surface area contributed by atoms with Gasteiger partial charge in [0.1, 0.15) is 11.4 Å². The second kappa shape index (κ2) is 6.57. The number of hydrogen-bond donors (Lipinski definition) is 2. The summed E-state index contributed by atoms with van der Waals surface area (Å²) in [5.41, 5.74) is 0. The van der Waals surface area contributed by atoms with E-state index in [4.69, 9.17) is 5.11 Å². The minimum absolute atomic E-state index is 0.0161. The maximum Gasteiger partial charge on any atom is 0.325 e. The molecule has 8 heteroatoms. The first-order chi connectivity index (χ1) is 9.90. The van der Waals surface area contributed by atoms with Crippen LogP contribution in [0.15, 0.2) is 17.3 Å². The third-order valence-electron chi connectivity index (χ3n) is 3.90. The molecule has 1 fully saturated rings. The summed E-state index contributed by atoms with van der Waals surface area (Å²) in [5.74, 6) is -0.491. The van der Waals surface area contributed by atoms with Crippen molar-refractivity contribution in [2.24, 2.45) is 5.92 Å². The van der Waals surface area contributed by atoms with Crippen LogP contribution in [-0.4, -0.2) is 35.3 Å². The van der Waals surface area contributed by atoms with Gasteiger partial charge in [-0.25, -0.2) is 13.1 Å². The molecule has 2 rings (SSSR count). The quantitative estimate of drug-likeness (QED) is 0.822. The molecule has 21 heavy (non-hydrogen) atoms. The third-order valence-corrected chi connectivity index (χ3v) is 5.37. The summed E-state index contributed by atoms with van der Waals surface area (Å²) in [6.07, 6.45) is 7.39. The molecule has 1 saturated carbocycles.